The molecule has 1 atom stereocenters. The third-order valence-electron chi connectivity index (χ3n) is 3.08. The van der Waals surface area contributed by atoms with Gasteiger partial charge in [-0.3, -0.25) is 4.79 Å². The van der Waals surface area contributed by atoms with E-state index in [4.69, 9.17) is 10.5 Å². The van der Waals surface area contributed by atoms with Crippen LogP contribution >= 0.6 is 0 Å². The van der Waals surface area contributed by atoms with E-state index < -0.39 is 6.04 Å². The topological polar surface area (TPSA) is 98.5 Å². The molecule has 0 aliphatic carbocycles. The van der Waals surface area contributed by atoms with Crippen molar-refractivity contribution < 1.29 is 9.59 Å². The highest BCUT2D eigenvalue weighted by molar-refractivity contribution is 5.85. The summed E-state index contributed by atoms with van der Waals surface area (Å²) < 4.78 is 0. The highest BCUT2D eigenvalue weighted by Crippen LogP contribution is 2.22. The molecule has 0 spiro atoms. The van der Waals surface area contributed by atoms with Crippen molar-refractivity contribution >= 4 is 19.4 Å². The second-order valence-corrected chi connectivity index (χ2v) is 6.85. The van der Waals surface area contributed by atoms with E-state index in [2.05, 4.69) is 69.4 Å². The molecular formula is C20H37N3O2. The van der Waals surface area contributed by atoms with Crippen LogP contribution < -0.4 is 11.5 Å². The molecule has 0 fully saturated rings. The summed E-state index contributed by atoms with van der Waals surface area (Å²) >= 11 is 0. The van der Waals surface area contributed by atoms with Gasteiger partial charge in [0.25, 0.3) is 5.91 Å². The number of amides is 1. The smallest absolute Gasteiger partial charge is 0.261 e. The molecule has 25 heavy (non-hydrogen) atoms. The molecule has 144 valence electrons. The number of aliphatic imine (C=N–C) groups is 1. The highest BCUT2D eigenvalue weighted by Gasteiger charge is 2.12. The van der Waals surface area contributed by atoms with E-state index >= 15 is 0 Å². The van der Waals surface area contributed by atoms with E-state index in [0.29, 0.717) is 12.3 Å². The first-order valence-corrected chi connectivity index (χ1v) is 8.27. The number of aryl methyl sites for hydroxylation is 1. The van der Waals surface area contributed by atoms with Gasteiger partial charge in [0.2, 0.25) is 0 Å². The van der Waals surface area contributed by atoms with Gasteiger partial charge in [0.15, 0.2) is 0 Å². The molecule has 1 aromatic rings. The number of benzene rings is 1. The predicted octanol–water partition coefficient (Wildman–Crippen LogP) is 3.27. The number of nitrogens with zero attached hydrogens (tertiary/aromatic N) is 1. The lowest BCUT2D eigenvalue weighted by Crippen LogP contribution is -2.30. The molecule has 1 amide bonds. The molecule has 0 saturated heterocycles. The molecule has 0 aliphatic rings. The van der Waals surface area contributed by atoms with Gasteiger partial charge in [-0.1, -0.05) is 64.4 Å². The van der Waals surface area contributed by atoms with Crippen LogP contribution in [-0.4, -0.2) is 32.5 Å². The maximum Gasteiger partial charge on any atom is 0.261 e. The van der Waals surface area contributed by atoms with Crippen molar-refractivity contribution in [3.05, 3.63) is 35.4 Å². The molecule has 1 aromatic carbocycles. The van der Waals surface area contributed by atoms with Gasteiger partial charge in [0.1, 0.15) is 6.79 Å². The Hall–Kier alpha value is -1.85. The molecule has 0 saturated carbocycles. The molecule has 5 heteroatoms. The molecule has 5 nitrogen and oxygen atoms in total. The van der Waals surface area contributed by atoms with Crippen LogP contribution in [0.5, 0.6) is 0 Å². The van der Waals surface area contributed by atoms with E-state index in [0.717, 1.165) is 0 Å². The Labute approximate surface area is 153 Å². The fourth-order valence-corrected chi connectivity index (χ4v) is 1.84. The molecule has 1 unspecified atom stereocenters. The number of carbonyl (C=O) groups is 2. The van der Waals surface area contributed by atoms with Crippen molar-refractivity contribution in [2.75, 3.05) is 7.05 Å². The van der Waals surface area contributed by atoms with Crippen molar-refractivity contribution in [2.24, 2.45) is 22.4 Å². The zero-order chi connectivity index (χ0) is 20.6. The Morgan fingerprint density at radius 1 is 1.20 bits per heavy atom. The summed E-state index contributed by atoms with van der Waals surface area (Å²) in [5.41, 5.74) is 13.0. The van der Waals surface area contributed by atoms with Gasteiger partial charge >= 0.3 is 0 Å². The Morgan fingerprint density at radius 3 is 1.96 bits per heavy atom. The van der Waals surface area contributed by atoms with Crippen LogP contribution in [-0.2, 0) is 15.0 Å². The largest absolute Gasteiger partial charge is 0.333 e. The summed E-state index contributed by atoms with van der Waals surface area (Å²) in [5, 5.41) is 0. The van der Waals surface area contributed by atoms with Gasteiger partial charge in [-0.2, -0.15) is 0 Å². The molecule has 0 heterocycles. The van der Waals surface area contributed by atoms with E-state index in [1.165, 1.54) is 18.2 Å². The summed E-state index contributed by atoms with van der Waals surface area (Å²) in [5.74, 6) is 0.120. The third-order valence-corrected chi connectivity index (χ3v) is 3.08. The summed E-state index contributed by atoms with van der Waals surface area (Å²) in [4.78, 5) is 21.9. The van der Waals surface area contributed by atoms with Gasteiger partial charge in [0, 0.05) is 0 Å². The zero-order valence-electron chi connectivity index (χ0n) is 17.0. The lowest BCUT2D eigenvalue weighted by atomic mass is 9.86. The summed E-state index contributed by atoms with van der Waals surface area (Å²) in [6.07, 6.45) is 0.678. The van der Waals surface area contributed by atoms with Crippen LogP contribution in [0.4, 0.5) is 0 Å². The highest BCUT2D eigenvalue weighted by atomic mass is 16.1. The first-order chi connectivity index (χ1) is 11.6. The third kappa shape index (κ3) is 15.4. The van der Waals surface area contributed by atoms with Gasteiger partial charge in [-0.25, -0.2) is 4.99 Å². The van der Waals surface area contributed by atoms with Crippen molar-refractivity contribution in [3.63, 3.8) is 0 Å². The lowest BCUT2D eigenvalue weighted by Gasteiger charge is -2.19. The predicted molar refractivity (Wildman–Crippen MR) is 109 cm³/mol. The number of hydrogen-bond donors (Lipinski definition) is 2. The lowest BCUT2D eigenvalue weighted by molar-refractivity contribution is -0.119. The molecule has 0 bridgehead atoms. The average molecular weight is 352 g/mol. The minimum atomic E-state index is -0.461. The van der Waals surface area contributed by atoms with E-state index in [1.807, 2.05) is 20.6 Å². The maximum atomic E-state index is 10.7. The second kappa shape index (κ2) is 15.7. The Bertz CT molecular complexity index is 480. The molecule has 4 N–H and O–H groups in total. The van der Waals surface area contributed by atoms with Crippen molar-refractivity contribution in [3.8, 4) is 0 Å². The Balaban J connectivity index is -0.000000324. The van der Waals surface area contributed by atoms with Crippen molar-refractivity contribution in [1.29, 1.82) is 0 Å². The average Bonchev–Trinajstić information content (AvgIpc) is 2.57. The van der Waals surface area contributed by atoms with Gasteiger partial charge in [-0.15, -0.1) is 0 Å². The number of carbonyl (C=O) groups excluding carboxylic acids is 2. The SMILES string of the molecule is C=NC(=O)C(N)CC(C)C.C=O.CN.Cc1cccc(C(C)(C)C)c1. The quantitative estimate of drug-likeness (QED) is 0.816. The monoisotopic (exact) mass is 351 g/mol. The minimum Gasteiger partial charge on any atom is -0.333 e. The van der Waals surface area contributed by atoms with Crippen LogP contribution in [0.3, 0.4) is 0 Å². The zero-order valence-corrected chi connectivity index (χ0v) is 17.0. The molecule has 1 rings (SSSR count). The van der Waals surface area contributed by atoms with Crippen molar-refractivity contribution in [1.82, 2.24) is 0 Å². The molecule has 0 radical (unpaired) electrons. The standard InChI is InChI=1S/C11H16.C7H14N2O.CH5N.CH2O/c1-9-6-5-7-10(8-9)11(2,3)4;1-5(2)4-6(8)7(10)9-3;2*1-2/h5-8H,1-4H3;5-6H,3-4,8H2,1-2H3;2H2,1H3;1H2. The van der Waals surface area contributed by atoms with Crippen LogP contribution in [0.1, 0.15) is 52.2 Å². The number of hydrogen-bond acceptors (Lipinski definition) is 4. The van der Waals surface area contributed by atoms with Gasteiger partial charge in [-0.05, 0) is 44.0 Å². The van der Waals surface area contributed by atoms with Crippen LogP contribution in [0.2, 0.25) is 0 Å². The Kier molecular flexibility index (Phi) is 17.5. The fourth-order valence-electron chi connectivity index (χ4n) is 1.84. The van der Waals surface area contributed by atoms with Crippen LogP contribution in [0, 0.1) is 12.8 Å². The van der Waals surface area contributed by atoms with E-state index in [1.54, 1.807) is 0 Å². The number of rotatable bonds is 3. The van der Waals surface area contributed by atoms with Crippen LogP contribution in [0.15, 0.2) is 29.3 Å². The van der Waals surface area contributed by atoms with Crippen LogP contribution in [0.25, 0.3) is 0 Å². The molecular weight excluding hydrogens is 314 g/mol. The maximum absolute atomic E-state index is 10.7. The molecule has 0 aliphatic heterocycles. The first kappa shape index (κ1) is 28.0. The summed E-state index contributed by atoms with van der Waals surface area (Å²) in [7, 11) is 1.50. The fraction of sp³-hybridized carbons (Fsp3) is 0.550. The summed E-state index contributed by atoms with van der Waals surface area (Å²) in [6, 6.07) is 8.23. The minimum absolute atomic E-state index is 0.284. The summed E-state index contributed by atoms with van der Waals surface area (Å²) in [6.45, 7) is 18.0. The van der Waals surface area contributed by atoms with Gasteiger partial charge in [0.05, 0.1) is 6.04 Å². The van der Waals surface area contributed by atoms with Gasteiger partial charge < -0.3 is 16.3 Å². The number of nitrogens with two attached hydrogens (primary N) is 2. The van der Waals surface area contributed by atoms with E-state index in [-0.39, 0.29) is 11.3 Å². The van der Waals surface area contributed by atoms with Crippen molar-refractivity contribution in [2.45, 2.75) is 59.4 Å². The molecule has 0 aromatic heterocycles. The van der Waals surface area contributed by atoms with E-state index in [9.17, 15) is 4.79 Å². The first-order valence-electron chi connectivity index (χ1n) is 8.27. The second-order valence-electron chi connectivity index (χ2n) is 6.85. The Morgan fingerprint density at radius 2 is 1.68 bits per heavy atom. The normalized spacial score (nSPS) is 10.8.